The summed E-state index contributed by atoms with van der Waals surface area (Å²) < 4.78 is 0.814. The van der Waals surface area contributed by atoms with Gasteiger partial charge < -0.3 is 11.1 Å². The molecular formula is C12H15BrN2O. The summed E-state index contributed by atoms with van der Waals surface area (Å²) in [7, 11) is 0. The van der Waals surface area contributed by atoms with Gasteiger partial charge in [0.25, 0.3) is 0 Å². The quantitative estimate of drug-likeness (QED) is 0.837. The fourth-order valence-corrected chi connectivity index (χ4v) is 2.15. The lowest BCUT2D eigenvalue weighted by molar-refractivity contribution is -0.117. The third-order valence-electron chi connectivity index (χ3n) is 2.98. The zero-order valence-corrected chi connectivity index (χ0v) is 10.6. The second kappa shape index (κ2) is 4.87. The van der Waals surface area contributed by atoms with Crippen molar-refractivity contribution in [1.29, 1.82) is 0 Å². The molecule has 4 heteroatoms. The van der Waals surface area contributed by atoms with Gasteiger partial charge in [0.15, 0.2) is 0 Å². The SMILES string of the molecule is Nc1ccc(NC(=O)CC2CCC2)cc1Br. The van der Waals surface area contributed by atoms with Crippen LogP contribution < -0.4 is 11.1 Å². The lowest BCUT2D eigenvalue weighted by Crippen LogP contribution is -2.20. The van der Waals surface area contributed by atoms with E-state index in [4.69, 9.17) is 5.73 Å². The van der Waals surface area contributed by atoms with Crippen molar-refractivity contribution in [3.8, 4) is 0 Å². The van der Waals surface area contributed by atoms with E-state index in [9.17, 15) is 4.79 Å². The van der Waals surface area contributed by atoms with Crippen molar-refractivity contribution >= 4 is 33.2 Å². The number of rotatable bonds is 3. The second-order valence-corrected chi connectivity index (χ2v) is 5.14. The highest BCUT2D eigenvalue weighted by Gasteiger charge is 2.20. The van der Waals surface area contributed by atoms with E-state index in [0.717, 1.165) is 10.2 Å². The van der Waals surface area contributed by atoms with Gasteiger partial charge in [-0.3, -0.25) is 4.79 Å². The molecular weight excluding hydrogens is 268 g/mol. The molecule has 16 heavy (non-hydrogen) atoms. The summed E-state index contributed by atoms with van der Waals surface area (Å²) in [5.41, 5.74) is 7.15. The van der Waals surface area contributed by atoms with Crippen LogP contribution in [0.3, 0.4) is 0 Å². The number of halogens is 1. The van der Waals surface area contributed by atoms with Gasteiger partial charge in [-0.2, -0.15) is 0 Å². The zero-order valence-electron chi connectivity index (χ0n) is 9.00. The Hall–Kier alpha value is -1.03. The van der Waals surface area contributed by atoms with Gasteiger partial charge >= 0.3 is 0 Å². The molecule has 0 spiro atoms. The smallest absolute Gasteiger partial charge is 0.224 e. The van der Waals surface area contributed by atoms with E-state index in [1.165, 1.54) is 19.3 Å². The van der Waals surface area contributed by atoms with Crippen molar-refractivity contribution < 1.29 is 4.79 Å². The Morgan fingerprint density at radius 2 is 2.25 bits per heavy atom. The standard InChI is InChI=1S/C12H15BrN2O/c13-10-7-9(4-5-11(10)14)15-12(16)6-8-2-1-3-8/h4-5,7-8H,1-3,6,14H2,(H,15,16). The highest BCUT2D eigenvalue weighted by Crippen LogP contribution is 2.30. The molecule has 1 saturated carbocycles. The zero-order chi connectivity index (χ0) is 11.5. The third kappa shape index (κ3) is 2.76. The van der Waals surface area contributed by atoms with E-state index in [1.54, 1.807) is 6.07 Å². The maximum atomic E-state index is 11.7. The third-order valence-corrected chi connectivity index (χ3v) is 3.67. The molecule has 1 aromatic carbocycles. The molecule has 1 fully saturated rings. The van der Waals surface area contributed by atoms with Crippen LogP contribution in [-0.2, 0) is 4.79 Å². The Bertz CT molecular complexity index is 402. The Morgan fingerprint density at radius 1 is 1.50 bits per heavy atom. The minimum absolute atomic E-state index is 0.0985. The number of hydrogen-bond acceptors (Lipinski definition) is 2. The molecule has 3 N–H and O–H groups in total. The van der Waals surface area contributed by atoms with Crippen LogP contribution >= 0.6 is 15.9 Å². The summed E-state index contributed by atoms with van der Waals surface area (Å²) in [6.07, 6.45) is 4.30. The van der Waals surface area contributed by atoms with Crippen LogP contribution in [-0.4, -0.2) is 5.91 Å². The fourth-order valence-electron chi connectivity index (χ4n) is 1.78. The van der Waals surface area contributed by atoms with Gasteiger partial charge in [-0.1, -0.05) is 6.42 Å². The molecule has 0 heterocycles. The lowest BCUT2D eigenvalue weighted by Gasteiger charge is -2.24. The lowest BCUT2D eigenvalue weighted by atomic mass is 9.83. The molecule has 0 bridgehead atoms. The number of anilines is 2. The molecule has 2 rings (SSSR count). The Morgan fingerprint density at radius 3 is 2.81 bits per heavy atom. The van der Waals surface area contributed by atoms with Crippen molar-refractivity contribution in [2.24, 2.45) is 5.92 Å². The summed E-state index contributed by atoms with van der Waals surface area (Å²) in [5, 5.41) is 2.88. The number of carbonyl (C=O) groups is 1. The molecule has 3 nitrogen and oxygen atoms in total. The van der Waals surface area contributed by atoms with Crippen LogP contribution in [0.25, 0.3) is 0 Å². The largest absolute Gasteiger partial charge is 0.398 e. The van der Waals surface area contributed by atoms with Crippen LogP contribution in [0.1, 0.15) is 25.7 Å². The molecule has 1 amide bonds. The first kappa shape index (κ1) is 11.5. The summed E-state index contributed by atoms with van der Waals surface area (Å²) >= 11 is 3.34. The maximum Gasteiger partial charge on any atom is 0.224 e. The molecule has 86 valence electrons. The first-order valence-corrected chi connectivity index (χ1v) is 6.29. The first-order chi connectivity index (χ1) is 7.65. The van der Waals surface area contributed by atoms with Gasteiger partial charge in [-0.15, -0.1) is 0 Å². The number of carbonyl (C=O) groups excluding carboxylic acids is 1. The molecule has 0 aromatic heterocycles. The van der Waals surface area contributed by atoms with Crippen molar-refractivity contribution in [1.82, 2.24) is 0 Å². The predicted octanol–water partition coefficient (Wildman–Crippen LogP) is 3.16. The Labute approximate surface area is 104 Å². The molecule has 0 saturated heterocycles. The molecule has 0 atom stereocenters. The minimum Gasteiger partial charge on any atom is -0.398 e. The molecule has 1 aliphatic rings. The average Bonchev–Trinajstić information content (AvgIpc) is 2.18. The molecule has 0 radical (unpaired) electrons. The normalized spacial score (nSPS) is 15.6. The first-order valence-electron chi connectivity index (χ1n) is 5.50. The van der Waals surface area contributed by atoms with Gasteiger partial charge in [0.1, 0.15) is 0 Å². The highest BCUT2D eigenvalue weighted by molar-refractivity contribution is 9.10. The maximum absolute atomic E-state index is 11.7. The van der Waals surface area contributed by atoms with Crippen LogP contribution in [0.2, 0.25) is 0 Å². The monoisotopic (exact) mass is 282 g/mol. The van der Waals surface area contributed by atoms with Crippen LogP contribution in [0, 0.1) is 5.92 Å². The molecule has 0 unspecified atom stereocenters. The van der Waals surface area contributed by atoms with Crippen LogP contribution in [0.5, 0.6) is 0 Å². The number of nitrogens with one attached hydrogen (secondary N) is 1. The van der Waals surface area contributed by atoms with Gasteiger partial charge in [-0.05, 0) is 52.9 Å². The van der Waals surface area contributed by atoms with Gasteiger partial charge in [-0.25, -0.2) is 0 Å². The van der Waals surface area contributed by atoms with E-state index in [1.807, 2.05) is 12.1 Å². The van der Waals surface area contributed by atoms with E-state index in [-0.39, 0.29) is 5.91 Å². The van der Waals surface area contributed by atoms with Crippen LogP contribution in [0.15, 0.2) is 22.7 Å². The van der Waals surface area contributed by atoms with E-state index < -0.39 is 0 Å². The van der Waals surface area contributed by atoms with E-state index in [2.05, 4.69) is 21.2 Å². The summed E-state index contributed by atoms with van der Waals surface area (Å²) in [6.45, 7) is 0. The summed E-state index contributed by atoms with van der Waals surface area (Å²) in [4.78, 5) is 11.7. The highest BCUT2D eigenvalue weighted by atomic mass is 79.9. The molecule has 1 aliphatic carbocycles. The van der Waals surface area contributed by atoms with Crippen molar-refractivity contribution in [2.75, 3.05) is 11.1 Å². The van der Waals surface area contributed by atoms with Gasteiger partial charge in [0.05, 0.1) is 0 Å². The molecule has 0 aliphatic heterocycles. The predicted molar refractivity (Wildman–Crippen MR) is 69.1 cm³/mol. The van der Waals surface area contributed by atoms with Gasteiger partial charge in [0.2, 0.25) is 5.91 Å². The van der Waals surface area contributed by atoms with E-state index >= 15 is 0 Å². The number of hydrogen-bond donors (Lipinski definition) is 2. The molecule has 1 aromatic rings. The number of nitrogen functional groups attached to an aromatic ring is 1. The second-order valence-electron chi connectivity index (χ2n) is 4.29. The van der Waals surface area contributed by atoms with Crippen molar-refractivity contribution in [3.63, 3.8) is 0 Å². The fraction of sp³-hybridized carbons (Fsp3) is 0.417. The van der Waals surface area contributed by atoms with Crippen molar-refractivity contribution in [3.05, 3.63) is 22.7 Å². The van der Waals surface area contributed by atoms with E-state index in [0.29, 0.717) is 18.0 Å². The Kier molecular flexibility index (Phi) is 3.49. The Balaban J connectivity index is 1.92. The summed E-state index contributed by atoms with van der Waals surface area (Å²) in [5.74, 6) is 0.693. The average molecular weight is 283 g/mol. The number of nitrogens with two attached hydrogens (primary N) is 1. The van der Waals surface area contributed by atoms with Gasteiger partial charge in [0, 0.05) is 22.3 Å². The number of amides is 1. The summed E-state index contributed by atoms with van der Waals surface area (Å²) in [6, 6.07) is 5.43. The number of benzene rings is 1. The van der Waals surface area contributed by atoms with Crippen molar-refractivity contribution in [2.45, 2.75) is 25.7 Å². The minimum atomic E-state index is 0.0985. The van der Waals surface area contributed by atoms with Crippen LogP contribution in [0.4, 0.5) is 11.4 Å². The topological polar surface area (TPSA) is 55.1 Å².